The normalized spacial score (nSPS) is 17.7. The molecule has 0 unspecified atom stereocenters. The molecule has 1 amide bonds. The van der Waals surface area contributed by atoms with E-state index in [1.54, 1.807) is 0 Å². The zero-order valence-corrected chi connectivity index (χ0v) is 12.6. The average molecular weight is 388 g/mol. The number of halogens is 6. The van der Waals surface area contributed by atoms with E-state index in [0.717, 1.165) is 0 Å². The minimum atomic E-state index is -4.55. The Morgan fingerprint density at radius 2 is 2.00 bits per heavy atom. The maximum absolute atomic E-state index is 12.7. The molecule has 1 aliphatic carbocycles. The van der Waals surface area contributed by atoms with Gasteiger partial charge in [-0.2, -0.15) is 13.2 Å². The van der Waals surface area contributed by atoms with Crippen LogP contribution in [0.2, 0.25) is 0 Å². The Morgan fingerprint density at radius 1 is 1.36 bits per heavy atom. The van der Waals surface area contributed by atoms with Gasteiger partial charge in [0.2, 0.25) is 0 Å². The van der Waals surface area contributed by atoms with Crippen molar-refractivity contribution in [2.45, 2.75) is 31.0 Å². The second kappa shape index (κ2) is 6.02. The standard InChI is InChI=1S/C13H11BrF5NO2/c14-7-1-2-9(10(3-7)22-6-13(17,18)19)11(21)20-8-4-12(15,16)5-8/h1-3,8H,4-6H2,(H,20,21). The Balaban J connectivity index is 2.07. The lowest BCUT2D eigenvalue weighted by Gasteiger charge is -2.35. The molecule has 0 radical (unpaired) electrons. The predicted octanol–water partition coefficient (Wildman–Crippen LogP) is 3.92. The quantitative estimate of drug-likeness (QED) is 0.795. The van der Waals surface area contributed by atoms with Crippen LogP contribution in [0.5, 0.6) is 5.75 Å². The maximum Gasteiger partial charge on any atom is 0.422 e. The van der Waals surface area contributed by atoms with E-state index >= 15 is 0 Å². The molecule has 0 atom stereocenters. The molecule has 22 heavy (non-hydrogen) atoms. The SMILES string of the molecule is O=C(NC1CC(F)(F)C1)c1ccc(Br)cc1OCC(F)(F)F. The van der Waals surface area contributed by atoms with Crippen molar-refractivity contribution in [2.75, 3.05) is 6.61 Å². The number of amides is 1. The highest BCUT2D eigenvalue weighted by Gasteiger charge is 2.46. The van der Waals surface area contributed by atoms with Gasteiger partial charge in [0.05, 0.1) is 5.56 Å². The van der Waals surface area contributed by atoms with Gasteiger partial charge in [0.15, 0.2) is 6.61 Å². The van der Waals surface area contributed by atoms with Crippen LogP contribution in [0.15, 0.2) is 22.7 Å². The highest BCUT2D eigenvalue weighted by molar-refractivity contribution is 9.10. The summed E-state index contributed by atoms with van der Waals surface area (Å²) in [7, 11) is 0. The van der Waals surface area contributed by atoms with E-state index in [0.29, 0.717) is 4.47 Å². The summed E-state index contributed by atoms with van der Waals surface area (Å²) in [5, 5.41) is 2.35. The van der Waals surface area contributed by atoms with Gasteiger partial charge in [-0.15, -0.1) is 0 Å². The third kappa shape index (κ3) is 4.56. The van der Waals surface area contributed by atoms with Gasteiger partial charge in [-0.05, 0) is 18.2 Å². The molecule has 0 aliphatic heterocycles. The molecular weight excluding hydrogens is 377 g/mol. The van der Waals surface area contributed by atoms with Gasteiger partial charge in [-0.25, -0.2) is 8.78 Å². The van der Waals surface area contributed by atoms with Crippen LogP contribution >= 0.6 is 15.9 Å². The summed E-state index contributed by atoms with van der Waals surface area (Å²) in [4.78, 5) is 12.0. The molecule has 0 bridgehead atoms. The number of carbonyl (C=O) groups is 1. The zero-order valence-electron chi connectivity index (χ0n) is 11.0. The second-order valence-corrected chi connectivity index (χ2v) is 5.89. The summed E-state index contributed by atoms with van der Waals surface area (Å²) < 4.78 is 67.1. The summed E-state index contributed by atoms with van der Waals surface area (Å²) in [5.41, 5.74) is -0.136. The Hall–Kier alpha value is -1.38. The number of ether oxygens (including phenoxy) is 1. The first kappa shape index (κ1) is 17.0. The van der Waals surface area contributed by atoms with Crippen molar-refractivity contribution in [1.29, 1.82) is 0 Å². The van der Waals surface area contributed by atoms with Gasteiger partial charge >= 0.3 is 6.18 Å². The molecule has 0 saturated heterocycles. The molecule has 9 heteroatoms. The molecule has 1 aliphatic rings. The summed E-state index contributed by atoms with van der Waals surface area (Å²) in [6.45, 7) is -1.55. The maximum atomic E-state index is 12.7. The highest BCUT2D eigenvalue weighted by Crippen LogP contribution is 2.37. The summed E-state index contributed by atoms with van der Waals surface area (Å²) >= 11 is 3.06. The van der Waals surface area contributed by atoms with Crippen molar-refractivity contribution < 1.29 is 31.5 Å². The van der Waals surface area contributed by atoms with Crippen LogP contribution in [0.4, 0.5) is 22.0 Å². The van der Waals surface area contributed by atoms with E-state index in [-0.39, 0.29) is 11.3 Å². The molecule has 0 spiro atoms. The molecule has 1 aromatic rings. The van der Waals surface area contributed by atoms with E-state index in [4.69, 9.17) is 0 Å². The predicted molar refractivity (Wildman–Crippen MR) is 71.1 cm³/mol. The Morgan fingerprint density at radius 3 is 2.55 bits per heavy atom. The van der Waals surface area contributed by atoms with Gasteiger partial charge in [0.25, 0.3) is 11.8 Å². The number of carbonyl (C=O) groups excluding carboxylic acids is 1. The van der Waals surface area contributed by atoms with Crippen LogP contribution in [-0.2, 0) is 0 Å². The van der Waals surface area contributed by atoms with Crippen LogP contribution in [0.25, 0.3) is 0 Å². The fourth-order valence-corrected chi connectivity index (χ4v) is 2.33. The first-order chi connectivity index (χ1) is 10.1. The van der Waals surface area contributed by atoms with Gasteiger partial charge in [0, 0.05) is 23.4 Å². The summed E-state index contributed by atoms with van der Waals surface area (Å²) in [6.07, 6.45) is -5.51. The molecule has 2 rings (SSSR count). The van der Waals surface area contributed by atoms with Crippen LogP contribution in [-0.4, -0.2) is 30.7 Å². The van der Waals surface area contributed by atoms with Crippen molar-refractivity contribution in [3.05, 3.63) is 28.2 Å². The third-order valence-corrected chi connectivity index (χ3v) is 3.50. The largest absolute Gasteiger partial charge is 0.483 e. The van der Waals surface area contributed by atoms with E-state index in [1.807, 2.05) is 0 Å². The van der Waals surface area contributed by atoms with E-state index in [9.17, 15) is 26.7 Å². The van der Waals surface area contributed by atoms with Crippen molar-refractivity contribution >= 4 is 21.8 Å². The number of hydrogen-bond donors (Lipinski definition) is 1. The Labute approximate surface area is 131 Å². The van der Waals surface area contributed by atoms with Crippen molar-refractivity contribution in [3.63, 3.8) is 0 Å². The zero-order chi connectivity index (χ0) is 16.5. The fourth-order valence-electron chi connectivity index (χ4n) is 1.99. The topological polar surface area (TPSA) is 38.3 Å². The molecule has 0 aromatic heterocycles. The van der Waals surface area contributed by atoms with Gasteiger partial charge in [-0.1, -0.05) is 15.9 Å². The molecule has 1 N–H and O–H groups in total. The van der Waals surface area contributed by atoms with Crippen molar-refractivity contribution in [1.82, 2.24) is 5.32 Å². The minimum absolute atomic E-state index is 0.136. The van der Waals surface area contributed by atoms with Gasteiger partial charge in [0.1, 0.15) is 5.75 Å². The molecular formula is C13H11BrF5NO2. The van der Waals surface area contributed by atoms with Gasteiger partial charge < -0.3 is 10.1 Å². The number of benzene rings is 1. The first-order valence-corrected chi connectivity index (χ1v) is 7.03. The third-order valence-electron chi connectivity index (χ3n) is 3.00. The van der Waals surface area contributed by atoms with E-state index < -0.39 is 43.5 Å². The van der Waals surface area contributed by atoms with Crippen molar-refractivity contribution in [2.24, 2.45) is 0 Å². The number of hydrogen-bond acceptors (Lipinski definition) is 2. The Bertz CT molecular complexity index is 568. The summed E-state index contributed by atoms with van der Waals surface area (Å²) in [5.74, 6) is -3.81. The van der Waals surface area contributed by atoms with Gasteiger partial charge in [-0.3, -0.25) is 4.79 Å². The molecule has 3 nitrogen and oxygen atoms in total. The van der Waals surface area contributed by atoms with E-state index in [1.165, 1.54) is 18.2 Å². The number of nitrogens with one attached hydrogen (secondary N) is 1. The monoisotopic (exact) mass is 387 g/mol. The highest BCUT2D eigenvalue weighted by atomic mass is 79.9. The minimum Gasteiger partial charge on any atom is -0.483 e. The summed E-state index contributed by atoms with van der Waals surface area (Å²) in [6, 6.07) is 3.24. The molecule has 122 valence electrons. The molecule has 1 aromatic carbocycles. The average Bonchev–Trinajstić information content (AvgIpc) is 2.33. The van der Waals surface area contributed by atoms with Crippen LogP contribution in [0.1, 0.15) is 23.2 Å². The lowest BCUT2D eigenvalue weighted by molar-refractivity contribution is -0.153. The van der Waals surface area contributed by atoms with Crippen LogP contribution in [0.3, 0.4) is 0 Å². The lowest BCUT2D eigenvalue weighted by atomic mass is 9.88. The van der Waals surface area contributed by atoms with E-state index in [2.05, 4.69) is 26.0 Å². The van der Waals surface area contributed by atoms with Crippen LogP contribution < -0.4 is 10.1 Å². The fraction of sp³-hybridized carbons (Fsp3) is 0.462. The molecule has 1 saturated carbocycles. The molecule has 1 fully saturated rings. The smallest absolute Gasteiger partial charge is 0.422 e. The first-order valence-electron chi connectivity index (χ1n) is 6.23. The number of rotatable bonds is 4. The Kier molecular flexibility index (Phi) is 4.65. The van der Waals surface area contributed by atoms with Crippen LogP contribution in [0, 0.1) is 0 Å². The number of alkyl halides is 5. The lowest BCUT2D eigenvalue weighted by Crippen LogP contribution is -2.50. The molecule has 0 heterocycles. The van der Waals surface area contributed by atoms with Crippen molar-refractivity contribution in [3.8, 4) is 5.75 Å². The second-order valence-electron chi connectivity index (χ2n) is 4.98.